The molecule has 7 nitrogen and oxygen atoms in total. The molecule has 0 aromatic heterocycles. The molecule has 2 aliphatic heterocycles. The van der Waals surface area contributed by atoms with Gasteiger partial charge in [0.2, 0.25) is 10.0 Å². The van der Waals surface area contributed by atoms with Crippen molar-refractivity contribution in [3.05, 3.63) is 23.8 Å². The number of likely N-dealkylation sites (tertiary alicyclic amines) is 1. The maximum Gasteiger partial charge on any atom is 0.311 e. The summed E-state index contributed by atoms with van der Waals surface area (Å²) in [7, 11) is -0.436. The number of sulfonamides is 1. The maximum absolute atomic E-state index is 13.3. The molecular weight excluding hydrogens is 356 g/mol. The number of hydrogen-bond acceptors (Lipinski definition) is 5. The van der Waals surface area contributed by atoms with Crippen molar-refractivity contribution in [3.8, 4) is 5.75 Å². The predicted octanol–water partition coefficient (Wildman–Crippen LogP) is 1.56. The monoisotopic (exact) mass is 382 g/mol. The predicted molar refractivity (Wildman–Crippen MR) is 96.8 cm³/mol. The number of ether oxygens (including phenoxy) is 1. The van der Waals surface area contributed by atoms with Crippen LogP contribution in [0.15, 0.2) is 23.1 Å². The second kappa shape index (κ2) is 6.83. The highest BCUT2D eigenvalue weighted by molar-refractivity contribution is 7.89. The Morgan fingerprint density at radius 2 is 2.04 bits per heavy atom. The molecule has 144 valence electrons. The zero-order valence-electron chi connectivity index (χ0n) is 15.4. The van der Waals surface area contributed by atoms with E-state index >= 15 is 0 Å². The van der Waals surface area contributed by atoms with Crippen LogP contribution in [0.5, 0.6) is 5.75 Å². The van der Waals surface area contributed by atoms with E-state index in [0.717, 1.165) is 18.5 Å². The third kappa shape index (κ3) is 3.00. The lowest BCUT2D eigenvalue weighted by Gasteiger charge is -2.51. The van der Waals surface area contributed by atoms with Crippen LogP contribution in [0.4, 0.5) is 0 Å². The number of carboxylic acids is 1. The normalized spacial score (nSPS) is 27.7. The van der Waals surface area contributed by atoms with Gasteiger partial charge < -0.3 is 14.7 Å². The van der Waals surface area contributed by atoms with Crippen molar-refractivity contribution in [1.82, 2.24) is 9.21 Å². The first kappa shape index (κ1) is 19.1. The highest BCUT2D eigenvalue weighted by Gasteiger charge is 2.54. The Kier molecular flexibility index (Phi) is 5.02. The van der Waals surface area contributed by atoms with Gasteiger partial charge in [0.05, 0.1) is 12.5 Å². The van der Waals surface area contributed by atoms with E-state index in [1.165, 1.54) is 11.4 Å². The number of carboxylic acid groups (broad SMARTS) is 1. The van der Waals surface area contributed by atoms with Gasteiger partial charge in [-0.05, 0) is 57.5 Å². The minimum absolute atomic E-state index is 0.140. The lowest BCUT2D eigenvalue weighted by molar-refractivity contribution is -0.160. The van der Waals surface area contributed by atoms with Crippen LogP contribution in [0.3, 0.4) is 0 Å². The summed E-state index contributed by atoms with van der Waals surface area (Å²) in [5, 5.41) is 9.85. The zero-order valence-corrected chi connectivity index (χ0v) is 16.3. The van der Waals surface area contributed by atoms with E-state index < -0.39 is 21.4 Å². The molecule has 0 bridgehead atoms. The molecule has 2 saturated heterocycles. The minimum Gasteiger partial charge on any atom is -0.495 e. The molecule has 0 spiro atoms. The summed E-state index contributed by atoms with van der Waals surface area (Å²) in [6.45, 7) is 3.00. The van der Waals surface area contributed by atoms with E-state index in [2.05, 4.69) is 0 Å². The van der Waals surface area contributed by atoms with Crippen molar-refractivity contribution in [1.29, 1.82) is 0 Å². The van der Waals surface area contributed by atoms with Crippen LogP contribution in [0.25, 0.3) is 0 Å². The van der Waals surface area contributed by atoms with Gasteiger partial charge in [0.25, 0.3) is 0 Å². The fourth-order valence-corrected chi connectivity index (χ4v) is 5.99. The number of hydrogen-bond donors (Lipinski definition) is 1. The molecule has 0 radical (unpaired) electrons. The van der Waals surface area contributed by atoms with E-state index in [-0.39, 0.29) is 24.0 Å². The minimum atomic E-state index is -3.77. The van der Waals surface area contributed by atoms with Crippen LogP contribution in [0, 0.1) is 12.3 Å². The molecule has 1 aromatic carbocycles. The SMILES string of the molecule is COc1ccc(C)cc1S(=O)(=O)N1CC[C@@]2(C(=O)O)CCCN(C)[C@@H]2C1. The highest BCUT2D eigenvalue weighted by Crippen LogP contribution is 2.43. The molecule has 1 N–H and O–H groups in total. The fourth-order valence-electron chi connectivity index (χ4n) is 4.30. The second-order valence-corrected chi connectivity index (χ2v) is 9.23. The van der Waals surface area contributed by atoms with E-state index in [9.17, 15) is 18.3 Å². The zero-order chi connectivity index (χ0) is 19.1. The highest BCUT2D eigenvalue weighted by atomic mass is 32.2. The molecule has 26 heavy (non-hydrogen) atoms. The van der Waals surface area contributed by atoms with Gasteiger partial charge in [-0.2, -0.15) is 4.31 Å². The van der Waals surface area contributed by atoms with E-state index in [0.29, 0.717) is 18.6 Å². The second-order valence-electron chi connectivity index (χ2n) is 7.33. The molecular formula is C18H26N2O5S. The molecule has 0 amide bonds. The van der Waals surface area contributed by atoms with Crippen molar-refractivity contribution >= 4 is 16.0 Å². The van der Waals surface area contributed by atoms with Crippen molar-refractivity contribution < 1.29 is 23.1 Å². The number of piperidine rings is 2. The van der Waals surface area contributed by atoms with E-state index in [1.807, 2.05) is 18.9 Å². The summed E-state index contributed by atoms with van der Waals surface area (Å²) < 4.78 is 33.2. The lowest BCUT2D eigenvalue weighted by Crippen LogP contribution is -2.63. The Hall–Kier alpha value is -1.64. The summed E-state index contributed by atoms with van der Waals surface area (Å²) in [5.74, 6) is -0.512. The van der Waals surface area contributed by atoms with Crippen LogP contribution in [-0.4, -0.2) is 68.5 Å². The molecule has 2 heterocycles. The number of aryl methyl sites for hydroxylation is 1. The molecule has 3 rings (SSSR count). The van der Waals surface area contributed by atoms with Crippen LogP contribution in [-0.2, 0) is 14.8 Å². The summed E-state index contributed by atoms with van der Waals surface area (Å²) in [6.07, 6.45) is 1.74. The number of nitrogens with zero attached hydrogens (tertiary/aromatic N) is 2. The van der Waals surface area contributed by atoms with Crippen LogP contribution in [0.2, 0.25) is 0 Å². The largest absolute Gasteiger partial charge is 0.495 e. The molecule has 0 aliphatic carbocycles. The standard InChI is InChI=1S/C18H26N2O5S/c1-13-5-6-14(25-3)15(11-13)26(23,24)20-10-8-18(17(21)22)7-4-9-19(2)16(18)12-20/h5-6,11,16H,4,7-10,12H2,1-3H3,(H,21,22)/t16-,18+/m1/s1. The maximum atomic E-state index is 13.3. The van der Waals surface area contributed by atoms with Crippen molar-refractivity contribution in [3.63, 3.8) is 0 Å². The molecule has 2 aliphatic rings. The average Bonchev–Trinajstić information content (AvgIpc) is 2.61. The first-order valence-electron chi connectivity index (χ1n) is 8.81. The van der Waals surface area contributed by atoms with Crippen molar-refractivity contribution in [2.75, 3.05) is 33.8 Å². The van der Waals surface area contributed by atoms with Crippen molar-refractivity contribution in [2.24, 2.45) is 5.41 Å². The Morgan fingerprint density at radius 1 is 1.31 bits per heavy atom. The average molecular weight is 382 g/mol. The number of aliphatic carboxylic acids is 1. The molecule has 8 heteroatoms. The van der Waals surface area contributed by atoms with E-state index in [4.69, 9.17) is 4.74 Å². The molecule has 0 saturated carbocycles. The number of rotatable bonds is 4. The third-order valence-corrected chi connectivity index (χ3v) is 7.74. The van der Waals surface area contributed by atoms with Gasteiger partial charge in [-0.25, -0.2) is 8.42 Å². The lowest BCUT2D eigenvalue weighted by atomic mass is 9.69. The molecule has 1 aromatic rings. The Bertz CT molecular complexity index is 810. The van der Waals surface area contributed by atoms with Gasteiger partial charge in [-0.3, -0.25) is 4.79 Å². The number of fused-ring (bicyclic) bond motifs is 1. The van der Waals surface area contributed by atoms with Crippen molar-refractivity contribution in [2.45, 2.75) is 37.1 Å². The van der Waals surface area contributed by atoms with Gasteiger partial charge in [-0.1, -0.05) is 6.07 Å². The smallest absolute Gasteiger partial charge is 0.311 e. The van der Waals surface area contributed by atoms with Gasteiger partial charge >= 0.3 is 5.97 Å². The topological polar surface area (TPSA) is 87.2 Å². The van der Waals surface area contributed by atoms with Crippen LogP contribution < -0.4 is 4.74 Å². The van der Waals surface area contributed by atoms with Gasteiger partial charge in [0.15, 0.2) is 0 Å². The number of methoxy groups -OCH3 is 1. The summed E-state index contributed by atoms with van der Waals surface area (Å²) in [4.78, 5) is 14.1. The summed E-state index contributed by atoms with van der Waals surface area (Å²) in [6, 6.07) is 4.74. The molecule has 0 unspecified atom stereocenters. The fraction of sp³-hybridized carbons (Fsp3) is 0.611. The van der Waals surface area contributed by atoms with Gasteiger partial charge in [0, 0.05) is 19.1 Å². The Balaban J connectivity index is 1.97. The first-order valence-corrected chi connectivity index (χ1v) is 10.2. The first-order chi connectivity index (χ1) is 12.2. The van der Waals surface area contributed by atoms with Crippen LogP contribution in [0.1, 0.15) is 24.8 Å². The number of benzene rings is 1. The number of likely N-dealkylation sites (N-methyl/N-ethyl adjacent to an activating group) is 1. The summed E-state index contributed by atoms with van der Waals surface area (Å²) in [5.41, 5.74) is -0.0357. The van der Waals surface area contributed by atoms with Gasteiger partial charge in [0.1, 0.15) is 10.6 Å². The summed E-state index contributed by atoms with van der Waals surface area (Å²) >= 11 is 0. The van der Waals surface area contributed by atoms with Crippen LogP contribution >= 0.6 is 0 Å². The molecule has 2 atom stereocenters. The molecule has 2 fully saturated rings. The third-order valence-electron chi connectivity index (χ3n) is 5.85. The van der Waals surface area contributed by atoms with Gasteiger partial charge in [-0.15, -0.1) is 0 Å². The van der Waals surface area contributed by atoms with E-state index in [1.54, 1.807) is 18.2 Å². The quantitative estimate of drug-likeness (QED) is 0.850. The Labute approximate surface area is 154 Å². The number of carbonyl (C=O) groups is 1. The Morgan fingerprint density at radius 3 is 2.69 bits per heavy atom.